The number of rotatable bonds is 7. The molecule has 10 heteroatoms. The monoisotopic (exact) mass is 418 g/mol. The number of carbonyl (C=O) groups is 2. The number of nitrogens with zero attached hydrogens (tertiary/aromatic N) is 2. The number of ether oxygens (including phenoxy) is 3. The number of nitrogens with one attached hydrogen (secondary N) is 2. The van der Waals surface area contributed by atoms with Crippen LogP contribution >= 0.6 is 11.3 Å². The second-order valence-corrected chi connectivity index (χ2v) is 7.51. The molecule has 3 heterocycles. The fraction of sp³-hybridized carbons (Fsp3) is 0.421. The van der Waals surface area contributed by atoms with E-state index in [1.807, 2.05) is 0 Å². The molecule has 1 saturated heterocycles. The van der Waals surface area contributed by atoms with Crippen molar-refractivity contribution >= 4 is 28.3 Å². The van der Waals surface area contributed by atoms with Gasteiger partial charge in [0.1, 0.15) is 0 Å². The molecule has 2 amide bonds. The quantitative estimate of drug-likeness (QED) is 0.695. The van der Waals surface area contributed by atoms with Gasteiger partial charge in [-0.05, 0) is 18.2 Å². The number of benzene rings is 1. The number of morpholine rings is 1. The van der Waals surface area contributed by atoms with Crippen molar-refractivity contribution in [3.8, 4) is 11.5 Å². The first kappa shape index (κ1) is 19.6. The van der Waals surface area contributed by atoms with E-state index in [0.29, 0.717) is 34.4 Å². The minimum absolute atomic E-state index is 0.0859. The van der Waals surface area contributed by atoms with Crippen LogP contribution in [0.4, 0.5) is 5.13 Å². The van der Waals surface area contributed by atoms with E-state index in [9.17, 15) is 9.59 Å². The normalized spacial score (nSPS) is 15.9. The van der Waals surface area contributed by atoms with Crippen LogP contribution in [0.3, 0.4) is 0 Å². The van der Waals surface area contributed by atoms with Crippen LogP contribution in [-0.2, 0) is 16.0 Å². The average molecular weight is 418 g/mol. The second kappa shape index (κ2) is 9.21. The summed E-state index contributed by atoms with van der Waals surface area (Å²) in [6.45, 7) is 4.84. The van der Waals surface area contributed by atoms with Gasteiger partial charge in [-0.25, -0.2) is 4.98 Å². The fourth-order valence-electron chi connectivity index (χ4n) is 3.06. The standard InChI is InChI=1S/C19H22N4O5S/c24-17(20-3-4-23-5-7-26-8-6-23)10-14-11-29-19(21-14)22-18(25)13-1-2-15-16(9-13)28-12-27-15/h1-2,9,11H,3-8,10,12H2,(H,20,24)(H,21,22,25). The van der Waals surface area contributed by atoms with Crippen molar-refractivity contribution in [2.45, 2.75) is 6.42 Å². The third kappa shape index (κ3) is 5.22. The lowest BCUT2D eigenvalue weighted by atomic mass is 10.2. The highest BCUT2D eigenvalue weighted by molar-refractivity contribution is 7.14. The Bertz CT molecular complexity index is 881. The molecular formula is C19H22N4O5S. The molecular weight excluding hydrogens is 396 g/mol. The van der Waals surface area contributed by atoms with Crippen molar-refractivity contribution in [3.63, 3.8) is 0 Å². The maximum Gasteiger partial charge on any atom is 0.257 e. The summed E-state index contributed by atoms with van der Waals surface area (Å²) in [6, 6.07) is 5.00. The summed E-state index contributed by atoms with van der Waals surface area (Å²) in [5.41, 5.74) is 1.08. The molecule has 1 aromatic heterocycles. The Hall–Kier alpha value is -2.69. The van der Waals surface area contributed by atoms with E-state index >= 15 is 0 Å². The van der Waals surface area contributed by atoms with E-state index in [2.05, 4.69) is 20.5 Å². The van der Waals surface area contributed by atoms with Gasteiger partial charge in [0.05, 0.1) is 25.3 Å². The Morgan fingerprint density at radius 2 is 2.00 bits per heavy atom. The van der Waals surface area contributed by atoms with Crippen molar-refractivity contribution in [1.82, 2.24) is 15.2 Å². The SMILES string of the molecule is O=C(Cc1csc(NC(=O)c2ccc3c(c2)OCO3)n1)NCCN1CCOCC1. The van der Waals surface area contributed by atoms with Crippen LogP contribution in [0.15, 0.2) is 23.6 Å². The zero-order chi connectivity index (χ0) is 20.1. The van der Waals surface area contributed by atoms with Gasteiger partial charge in [-0.15, -0.1) is 11.3 Å². The van der Waals surface area contributed by atoms with Crippen molar-refractivity contribution in [2.75, 3.05) is 51.5 Å². The molecule has 0 unspecified atom stereocenters. The van der Waals surface area contributed by atoms with E-state index in [1.165, 1.54) is 11.3 Å². The lowest BCUT2D eigenvalue weighted by Gasteiger charge is -2.26. The molecule has 9 nitrogen and oxygen atoms in total. The molecule has 4 rings (SSSR count). The first-order valence-electron chi connectivity index (χ1n) is 9.39. The molecule has 0 bridgehead atoms. The number of amides is 2. The lowest BCUT2D eigenvalue weighted by Crippen LogP contribution is -2.41. The number of aromatic nitrogens is 1. The summed E-state index contributed by atoms with van der Waals surface area (Å²) in [5, 5.41) is 7.88. The molecule has 154 valence electrons. The summed E-state index contributed by atoms with van der Waals surface area (Å²) >= 11 is 1.29. The van der Waals surface area contributed by atoms with Gasteiger partial charge in [-0.3, -0.25) is 19.8 Å². The van der Waals surface area contributed by atoms with Gasteiger partial charge in [0.15, 0.2) is 16.6 Å². The molecule has 0 saturated carbocycles. The predicted molar refractivity (Wildman–Crippen MR) is 107 cm³/mol. The van der Waals surface area contributed by atoms with E-state index in [1.54, 1.807) is 23.6 Å². The number of hydrogen-bond donors (Lipinski definition) is 2. The maximum absolute atomic E-state index is 12.4. The van der Waals surface area contributed by atoms with Gasteiger partial charge in [0.25, 0.3) is 5.91 Å². The first-order valence-corrected chi connectivity index (χ1v) is 10.3. The van der Waals surface area contributed by atoms with Gasteiger partial charge in [0.2, 0.25) is 12.7 Å². The fourth-order valence-corrected chi connectivity index (χ4v) is 3.76. The van der Waals surface area contributed by atoms with Crippen molar-refractivity contribution in [2.24, 2.45) is 0 Å². The average Bonchev–Trinajstić information content (AvgIpc) is 3.37. The van der Waals surface area contributed by atoms with E-state index in [-0.39, 0.29) is 25.0 Å². The molecule has 0 atom stereocenters. The lowest BCUT2D eigenvalue weighted by molar-refractivity contribution is -0.120. The Kier molecular flexibility index (Phi) is 6.23. The molecule has 2 N–H and O–H groups in total. The molecule has 1 fully saturated rings. The molecule has 29 heavy (non-hydrogen) atoms. The molecule has 1 aromatic carbocycles. The molecule has 2 aliphatic rings. The largest absolute Gasteiger partial charge is 0.454 e. The Balaban J connectivity index is 1.23. The van der Waals surface area contributed by atoms with Crippen LogP contribution in [0.5, 0.6) is 11.5 Å². The zero-order valence-electron chi connectivity index (χ0n) is 15.8. The van der Waals surface area contributed by atoms with E-state index < -0.39 is 0 Å². The highest BCUT2D eigenvalue weighted by atomic mass is 32.1. The minimum Gasteiger partial charge on any atom is -0.454 e. The van der Waals surface area contributed by atoms with E-state index in [0.717, 1.165) is 32.8 Å². The van der Waals surface area contributed by atoms with Crippen molar-refractivity contribution < 1.29 is 23.8 Å². The summed E-state index contributed by atoms with van der Waals surface area (Å²) < 4.78 is 15.8. The summed E-state index contributed by atoms with van der Waals surface area (Å²) in [6.07, 6.45) is 0.180. The Morgan fingerprint density at radius 3 is 2.86 bits per heavy atom. The molecule has 0 radical (unpaired) electrons. The second-order valence-electron chi connectivity index (χ2n) is 6.65. The predicted octanol–water partition coefficient (Wildman–Crippen LogP) is 1.11. The number of carbonyl (C=O) groups excluding carboxylic acids is 2. The van der Waals surface area contributed by atoms with Gasteiger partial charge in [-0.1, -0.05) is 0 Å². The van der Waals surface area contributed by atoms with Gasteiger partial charge in [-0.2, -0.15) is 0 Å². The van der Waals surface area contributed by atoms with Gasteiger partial charge < -0.3 is 19.5 Å². The van der Waals surface area contributed by atoms with Crippen LogP contribution in [0.25, 0.3) is 0 Å². The van der Waals surface area contributed by atoms with Crippen LogP contribution < -0.4 is 20.1 Å². The topological polar surface area (TPSA) is 102 Å². The highest BCUT2D eigenvalue weighted by Gasteiger charge is 2.17. The van der Waals surface area contributed by atoms with Crippen molar-refractivity contribution in [1.29, 1.82) is 0 Å². The minimum atomic E-state index is -0.292. The Morgan fingerprint density at radius 1 is 1.17 bits per heavy atom. The summed E-state index contributed by atoms with van der Waals surface area (Å²) in [5.74, 6) is 0.792. The van der Waals surface area contributed by atoms with Crippen LogP contribution in [-0.4, -0.2) is 67.9 Å². The molecule has 2 aliphatic heterocycles. The Labute approximate surface area is 172 Å². The summed E-state index contributed by atoms with van der Waals surface area (Å²) in [4.78, 5) is 31.1. The zero-order valence-corrected chi connectivity index (χ0v) is 16.6. The van der Waals surface area contributed by atoms with Crippen LogP contribution in [0.2, 0.25) is 0 Å². The van der Waals surface area contributed by atoms with Gasteiger partial charge >= 0.3 is 0 Å². The third-order valence-corrected chi connectivity index (χ3v) is 5.41. The van der Waals surface area contributed by atoms with Crippen LogP contribution in [0.1, 0.15) is 16.1 Å². The molecule has 2 aromatic rings. The first-order chi connectivity index (χ1) is 14.2. The number of anilines is 1. The molecule has 0 aliphatic carbocycles. The number of hydrogen-bond acceptors (Lipinski definition) is 8. The van der Waals surface area contributed by atoms with E-state index in [4.69, 9.17) is 14.2 Å². The van der Waals surface area contributed by atoms with Crippen LogP contribution in [0, 0.1) is 0 Å². The highest BCUT2D eigenvalue weighted by Crippen LogP contribution is 2.32. The maximum atomic E-state index is 12.4. The third-order valence-electron chi connectivity index (χ3n) is 4.60. The van der Waals surface area contributed by atoms with Crippen molar-refractivity contribution in [3.05, 3.63) is 34.8 Å². The smallest absolute Gasteiger partial charge is 0.257 e. The van der Waals surface area contributed by atoms with Gasteiger partial charge in [0, 0.05) is 37.1 Å². The summed E-state index contributed by atoms with van der Waals surface area (Å²) in [7, 11) is 0. The molecule has 0 spiro atoms. The number of thiazole rings is 1. The number of fused-ring (bicyclic) bond motifs is 1.